The smallest absolute Gasteiger partial charge is 0.268 e. The number of pyridine rings is 1. The van der Waals surface area contributed by atoms with Crippen LogP contribution in [0.25, 0.3) is 83.4 Å². The first-order valence-electron chi connectivity index (χ1n) is 25.9. The van der Waals surface area contributed by atoms with Gasteiger partial charge in [0.25, 0.3) is 6.33 Å². The molecule has 0 radical (unpaired) electrons. The summed E-state index contributed by atoms with van der Waals surface area (Å²) in [5, 5.41) is 2.02. The van der Waals surface area contributed by atoms with Crippen molar-refractivity contribution in [1.29, 1.82) is 0 Å². The molecular formula is C59H44N4OPt-2. The molecule has 0 aliphatic heterocycles. The van der Waals surface area contributed by atoms with Crippen LogP contribution in [0, 0.1) is 23.9 Å². The average Bonchev–Trinajstić information content (AvgIpc) is 3.94. The van der Waals surface area contributed by atoms with E-state index >= 15 is 0 Å². The molecule has 0 saturated heterocycles. The minimum atomic E-state index is -0.577. The number of benzene rings is 8. The van der Waals surface area contributed by atoms with Crippen molar-refractivity contribution in [2.75, 3.05) is 0 Å². The van der Waals surface area contributed by atoms with Gasteiger partial charge in [0.1, 0.15) is 5.82 Å². The van der Waals surface area contributed by atoms with E-state index in [-0.39, 0.29) is 54.4 Å². The summed E-state index contributed by atoms with van der Waals surface area (Å²) >= 11 is 0. The van der Waals surface area contributed by atoms with Gasteiger partial charge in [0.05, 0.1) is 30.4 Å². The largest absolute Gasteiger partial charge is 0.510 e. The molecule has 8 aromatic carbocycles. The molecule has 318 valence electrons. The maximum absolute atomic E-state index is 9.14. The second kappa shape index (κ2) is 17.3. The van der Waals surface area contributed by atoms with Crippen LogP contribution < -0.4 is 9.30 Å². The fourth-order valence-electron chi connectivity index (χ4n) is 8.44. The summed E-state index contributed by atoms with van der Waals surface area (Å²) in [5.74, 6) is 1.55. The van der Waals surface area contributed by atoms with E-state index < -0.39 is 60.4 Å². The van der Waals surface area contributed by atoms with Gasteiger partial charge in [-0.2, -0.15) is 18.2 Å². The van der Waals surface area contributed by atoms with Gasteiger partial charge in [0.15, 0.2) is 0 Å². The Hall–Kier alpha value is -7.33. The number of rotatable bonds is 9. The van der Waals surface area contributed by atoms with E-state index in [9.17, 15) is 0 Å². The molecule has 0 aliphatic carbocycles. The Morgan fingerprint density at radius 2 is 1.31 bits per heavy atom. The van der Waals surface area contributed by atoms with Gasteiger partial charge < -0.3 is 13.9 Å². The predicted molar refractivity (Wildman–Crippen MR) is 259 cm³/mol. The second-order valence-corrected chi connectivity index (χ2v) is 16.7. The number of hydrogen-bond donors (Lipinski definition) is 0. The van der Waals surface area contributed by atoms with Gasteiger partial charge in [-0.25, -0.2) is 4.98 Å². The Balaban J connectivity index is 0.00000641. The van der Waals surface area contributed by atoms with E-state index in [2.05, 4.69) is 68.1 Å². The molecular weight excluding hydrogens is 976 g/mol. The number of fused-ring (bicyclic) bond motifs is 4. The van der Waals surface area contributed by atoms with Crippen LogP contribution in [-0.2, 0) is 27.5 Å². The first-order valence-corrected chi connectivity index (χ1v) is 20.9. The first-order chi connectivity index (χ1) is 35.5. The quantitative estimate of drug-likeness (QED) is 0.107. The summed E-state index contributed by atoms with van der Waals surface area (Å²) in [4.78, 5) is 4.83. The molecule has 6 heteroatoms. The van der Waals surface area contributed by atoms with Gasteiger partial charge in [-0.3, -0.25) is 4.57 Å². The van der Waals surface area contributed by atoms with Crippen molar-refractivity contribution in [2.45, 2.75) is 27.2 Å². The van der Waals surface area contributed by atoms with Gasteiger partial charge in [-0.05, 0) is 86.1 Å². The van der Waals surface area contributed by atoms with Crippen molar-refractivity contribution in [3.63, 3.8) is 0 Å². The number of nitrogens with zero attached hydrogens (tertiary/aromatic N) is 4. The molecule has 0 spiro atoms. The van der Waals surface area contributed by atoms with Gasteiger partial charge in [0, 0.05) is 44.3 Å². The molecule has 11 aromatic rings. The summed E-state index contributed by atoms with van der Waals surface area (Å²) < 4.78 is 100. The van der Waals surface area contributed by atoms with Gasteiger partial charge >= 0.3 is 0 Å². The van der Waals surface area contributed by atoms with Crippen LogP contribution in [0.3, 0.4) is 0 Å². The van der Waals surface area contributed by atoms with E-state index in [4.69, 9.17) is 23.4 Å². The van der Waals surface area contributed by atoms with Crippen LogP contribution in [0.5, 0.6) is 11.5 Å². The van der Waals surface area contributed by atoms with E-state index in [1.165, 1.54) is 5.56 Å². The third kappa shape index (κ3) is 8.09. The van der Waals surface area contributed by atoms with Gasteiger partial charge in [0.2, 0.25) is 0 Å². The van der Waals surface area contributed by atoms with Crippen molar-refractivity contribution < 1.29 is 44.1 Å². The first kappa shape index (κ1) is 31.5. The van der Waals surface area contributed by atoms with Crippen LogP contribution >= 0.6 is 0 Å². The summed E-state index contributed by atoms with van der Waals surface area (Å²) in [5.41, 5.74) is 6.43. The van der Waals surface area contributed by atoms with Crippen LogP contribution in [0.2, 0.25) is 0 Å². The molecule has 65 heavy (non-hydrogen) atoms. The predicted octanol–water partition coefficient (Wildman–Crippen LogP) is 14.2. The third-order valence-corrected chi connectivity index (χ3v) is 11.1. The zero-order valence-corrected chi connectivity index (χ0v) is 37.8. The molecule has 3 aromatic heterocycles. The molecule has 3 heterocycles. The minimum absolute atomic E-state index is 0. The number of para-hydroxylation sites is 2. The van der Waals surface area contributed by atoms with Gasteiger partial charge in [-0.1, -0.05) is 166 Å². The summed E-state index contributed by atoms with van der Waals surface area (Å²) in [6.45, 7) is 6.64. The summed E-state index contributed by atoms with van der Waals surface area (Å²) in [6, 6.07) is 43.6. The Labute approximate surface area is 408 Å². The molecule has 0 amide bonds. The topological polar surface area (TPSA) is 35.9 Å². The Morgan fingerprint density at radius 1 is 0.615 bits per heavy atom. The molecule has 0 saturated carbocycles. The molecule has 0 atom stereocenters. The molecule has 0 unspecified atom stereocenters. The maximum atomic E-state index is 9.14. The molecule has 0 fully saturated rings. The minimum Gasteiger partial charge on any atom is -0.510 e. The SMILES string of the molecule is [2H]c1c([2H])c([2H])c(-c2cccc(-c3c([2H])c([2H])c([2H])c([2H])c3[2H])c2-[n+]2[c-]n(-c3[c-]c(Oc4[c-]c5c(cc4)c4ccccc4n5-c4cc(CC(C)(C)C)ccn4)ccc3)c3ccc(-c4ccccc4)cc32)c([2H])c1[2H].[Pt]. The second-order valence-electron chi connectivity index (χ2n) is 16.7. The molecule has 0 aliphatic rings. The molecule has 11 rings (SSSR count). The maximum Gasteiger partial charge on any atom is 0.268 e. The van der Waals surface area contributed by atoms with E-state index in [0.29, 0.717) is 28.2 Å². The van der Waals surface area contributed by atoms with Crippen molar-refractivity contribution in [3.8, 4) is 62.1 Å². The fraction of sp³-hybridized carbons (Fsp3) is 0.0847. The Bertz CT molecular complexity index is 3950. The van der Waals surface area contributed by atoms with Crippen LogP contribution in [0.4, 0.5) is 0 Å². The monoisotopic (exact) mass is 1030 g/mol. The molecule has 5 nitrogen and oxygen atoms in total. The van der Waals surface area contributed by atoms with Crippen molar-refractivity contribution >= 4 is 32.8 Å². The fourth-order valence-corrected chi connectivity index (χ4v) is 8.44. The van der Waals surface area contributed by atoms with Crippen LogP contribution in [-0.4, -0.2) is 14.1 Å². The normalized spacial score (nSPS) is 13.7. The third-order valence-electron chi connectivity index (χ3n) is 11.1. The number of imidazole rings is 1. The zero-order valence-electron chi connectivity index (χ0n) is 45.5. The average molecular weight is 1030 g/mol. The summed E-state index contributed by atoms with van der Waals surface area (Å²) in [7, 11) is 0. The zero-order chi connectivity index (χ0) is 51.9. The van der Waals surface area contributed by atoms with Crippen LogP contribution in [0.15, 0.2) is 200 Å². The van der Waals surface area contributed by atoms with Crippen molar-refractivity contribution in [3.05, 3.63) is 224 Å². The van der Waals surface area contributed by atoms with Crippen molar-refractivity contribution in [1.82, 2.24) is 14.1 Å². The van der Waals surface area contributed by atoms with E-state index in [1.54, 1.807) is 33.4 Å². The van der Waals surface area contributed by atoms with Crippen LogP contribution in [0.1, 0.15) is 40.0 Å². The summed E-state index contributed by atoms with van der Waals surface area (Å²) in [6.07, 6.45) is 6.19. The van der Waals surface area contributed by atoms with E-state index in [0.717, 1.165) is 45.2 Å². The molecule has 0 N–H and O–H groups in total. The molecule has 0 bridgehead atoms. The standard InChI is InChI=1S/C59H44N4O.Pt/c1-59(2,3)39-41-33-34-60-57(35-41)63-53-28-14-13-25-51(53)52-31-30-48(38-55(52)63)64-47-24-15-23-46(37-47)61-40-62(56-36-45(29-32-54(56)61)42-17-7-4-8-18-42)58-49(43-19-9-5-10-20-43)26-16-27-50(58)44-21-11-6-12-22-44;/h4-36H,39H2,1-3H3;/q-2;/i5D,6D,9D,10D,11D,12D,19D,20D,21D,22D;. The Morgan fingerprint density at radius 3 is 2.05 bits per heavy atom. The van der Waals surface area contributed by atoms with Crippen molar-refractivity contribution in [2.24, 2.45) is 5.41 Å². The van der Waals surface area contributed by atoms with Gasteiger partial charge in [-0.15, -0.1) is 29.7 Å². The number of aromatic nitrogens is 4. The number of hydrogen-bond acceptors (Lipinski definition) is 2. The van der Waals surface area contributed by atoms with E-state index in [1.807, 2.05) is 91.1 Å². The number of ether oxygens (including phenoxy) is 1. The Kier molecular flexibility index (Phi) is 8.40.